The first-order valence-corrected chi connectivity index (χ1v) is 5.42. The van der Waals surface area contributed by atoms with Crippen LogP contribution in [0, 0.1) is 0 Å². The topological polar surface area (TPSA) is 55.0 Å². The highest BCUT2D eigenvalue weighted by atomic mass is 32.2. The zero-order valence-corrected chi connectivity index (χ0v) is 8.13. The van der Waals surface area contributed by atoms with Crippen LogP contribution in [0.25, 0.3) is 0 Å². The summed E-state index contributed by atoms with van der Waals surface area (Å²) in [4.78, 5) is 10.5. The van der Waals surface area contributed by atoms with Crippen molar-refractivity contribution in [3.63, 3.8) is 0 Å². The van der Waals surface area contributed by atoms with E-state index in [1.807, 2.05) is 11.8 Å². The van der Waals surface area contributed by atoms with Gasteiger partial charge in [-0.05, 0) is 0 Å². The van der Waals surface area contributed by atoms with Gasteiger partial charge < -0.3 is 10.6 Å². The number of aromatic nitrogens is 2. The molecule has 1 aliphatic heterocycles. The molecule has 2 N–H and O–H groups in total. The minimum atomic E-state index is 0.482. The Hall–Kier alpha value is -0.970. The first kappa shape index (κ1) is 8.62. The molecule has 13 heavy (non-hydrogen) atoms. The van der Waals surface area contributed by atoms with Crippen LogP contribution in [0.5, 0.6) is 0 Å². The van der Waals surface area contributed by atoms with Crippen LogP contribution in [-0.4, -0.2) is 34.6 Å². The van der Waals surface area contributed by atoms with Gasteiger partial charge in [-0.3, -0.25) is 0 Å². The second-order valence-corrected chi connectivity index (χ2v) is 4.12. The summed E-state index contributed by atoms with van der Waals surface area (Å²) >= 11 is 1.98. The summed E-state index contributed by atoms with van der Waals surface area (Å²) in [6.07, 6.45) is 3.35. The molecule has 1 aromatic rings. The van der Waals surface area contributed by atoms with Crippen molar-refractivity contribution in [3.05, 3.63) is 12.4 Å². The Morgan fingerprint density at radius 2 is 2.00 bits per heavy atom. The Kier molecular flexibility index (Phi) is 2.54. The molecular weight excluding hydrogens is 184 g/mol. The lowest BCUT2D eigenvalue weighted by Gasteiger charge is -2.26. The molecule has 0 radical (unpaired) electrons. The standard InChI is InChI=1S/C8H12N4S/c9-7-5-11-8(6-10-7)12-1-3-13-4-2-12/h5-6H,1-4H2,(H2,9,10). The van der Waals surface area contributed by atoms with Crippen molar-refractivity contribution in [1.82, 2.24) is 9.97 Å². The Balaban J connectivity index is 2.10. The summed E-state index contributed by atoms with van der Waals surface area (Å²) in [6.45, 7) is 2.12. The van der Waals surface area contributed by atoms with Crippen LogP contribution in [0.4, 0.5) is 11.6 Å². The van der Waals surface area contributed by atoms with E-state index in [0.29, 0.717) is 5.82 Å². The van der Waals surface area contributed by atoms with E-state index in [0.717, 1.165) is 18.9 Å². The summed E-state index contributed by atoms with van der Waals surface area (Å²) in [5.74, 6) is 3.77. The van der Waals surface area contributed by atoms with Gasteiger partial charge in [0.2, 0.25) is 0 Å². The van der Waals surface area contributed by atoms with Gasteiger partial charge in [0.1, 0.15) is 11.6 Å². The number of hydrogen-bond acceptors (Lipinski definition) is 5. The highest BCUT2D eigenvalue weighted by Gasteiger charge is 2.11. The van der Waals surface area contributed by atoms with Gasteiger partial charge >= 0.3 is 0 Å². The molecule has 0 spiro atoms. The first-order valence-electron chi connectivity index (χ1n) is 4.26. The van der Waals surface area contributed by atoms with Gasteiger partial charge in [0.05, 0.1) is 12.4 Å². The zero-order valence-electron chi connectivity index (χ0n) is 7.31. The maximum atomic E-state index is 5.46. The molecule has 1 aromatic heterocycles. The maximum absolute atomic E-state index is 5.46. The predicted molar refractivity (Wildman–Crippen MR) is 56.0 cm³/mol. The Morgan fingerprint density at radius 3 is 2.62 bits per heavy atom. The molecule has 0 unspecified atom stereocenters. The highest BCUT2D eigenvalue weighted by Crippen LogP contribution is 2.15. The van der Waals surface area contributed by atoms with Gasteiger partial charge in [-0.2, -0.15) is 11.8 Å². The van der Waals surface area contributed by atoms with Crippen molar-refractivity contribution in [1.29, 1.82) is 0 Å². The van der Waals surface area contributed by atoms with E-state index in [1.165, 1.54) is 11.5 Å². The van der Waals surface area contributed by atoms with Crippen molar-refractivity contribution >= 4 is 23.4 Å². The highest BCUT2D eigenvalue weighted by molar-refractivity contribution is 7.99. The fraction of sp³-hybridized carbons (Fsp3) is 0.500. The number of nitrogens with two attached hydrogens (primary N) is 1. The van der Waals surface area contributed by atoms with E-state index in [9.17, 15) is 0 Å². The molecule has 1 aliphatic rings. The molecule has 1 fully saturated rings. The van der Waals surface area contributed by atoms with E-state index < -0.39 is 0 Å². The Bertz CT molecular complexity index is 268. The number of hydrogen-bond donors (Lipinski definition) is 1. The number of rotatable bonds is 1. The molecule has 0 saturated carbocycles. The molecule has 2 heterocycles. The lowest BCUT2D eigenvalue weighted by molar-refractivity contribution is 0.835. The number of nitrogen functional groups attached to an aromatic ring is 1. The molecule has 0 amide bonds. The number of thioether (sulfide) groups is 1. The second-order valence-electron chi connectivity index (χ2n) is 2.90. The average molecular weight is 196 g/mol. The van der Waals surface area contributed by atoms with E-state index in [-0.39, 0.29) is 0 Å². The van der Waals surface area contributed by atoms with Crippen LogP contribution >= 0.6 is 11.8 Å². The number of anilines is 2. The van der Waals surface area contributed by atoms with Crippen LogP contribution in [0.15, 0.2) is 12.4 Å². The molecule has 1 saturated heterocycles. The van der Waals surface area contributed by atoms with Crippen molar-refractivity contribution in [3.8, 4) is 0 Å². The Labute approximate surface area is 81.5 Å². The lowest BCUT2D eigenvalue weighted by atomic mass is 10.5. The fourth-order valence-corrected chi connectivity index (χ4v) is 2.19. The molecule has 0 aliphatic carbocycles. The molecule has 5 heteroatoms. The third-order valence-electron chi connectivity index (χ3n) is 1.99. The fourth-order valence-electron chi connectivity index (χ4n) is 1.29. The van der Waals surface area contributed by atoms with E-state index >= 15 is 0 Å². The SMILES string of the molecule is Nc1cnc(N2CCSCC2)cn1. The third-order valence-corrected chi connectivity index (χ3v) is 2.94. The van der Waals surface area contributed by atoms with Crippen LogP contribution in [0.2, 0.25) is 0 Å². The first-order chi connectivity index (χ1) is 6.36. The minimum Gasteiger partial charge on any atom is -0.382 e. The van der Waals surface area contributed by atoms with Crippen molar-refractivity contribution in [2.75, 3.05) is 35.2 Å². The lowest BCUT2D eigenvalue weighted by Crippen LogP contribution is -2.33. The van der Waals surface area contributed by atoms with E-state index in [2.05, 4.69) is 14.9 Å². The summed E-state index contributed by atoms with van der Waals surface area (Å²) in [5.41, 5.74) is 5.46. The van der Waals surface area contributed by atoms with Gasteiger partial charge in [0, 0.05) is 24.6 Å². The van der Waals surface area contributed by atoms with Crippen LogP contribution < -0.4 is 10.6 Å². The molecule has 0 aromatic carbocycles. The monoisotopic (exact) mass is 196 g/mol. The molecule has 0 atom stereocenters. The quantitative estimate of drug-likeness (QED) is 0.713. The van der Waals surface area contributed by atoms with Crippen molar-refractivity contribution in [2.45, 2.75) is 0 Å². The molecule has 70 valence electrons. The van der Waals surface area contributed by atoms with Gasteiger partial charge in [0.25, 0.3) is 0 Å². The molecule has 4 nitrogen and oxygen atoms in total. The minimum absolute atomic E-state index is 0.482. The number of nitrogens with zero attached hydrogens (tertiary/aromatic N) is 3. The summed E-state index contributed by atoms with van der Waals surface area (Å²) in [6, 6.07) is 0. The Morgan fingerprint density at radius 1 is 1.23 bits per heavy atom. The van der Waals surface area contributed by atoms with Crippen LogP contribution in [-0.2, 0) is 0 Å². The van der Waals surface area contributed by atoms with E-state index in [4.69, 9.17) is 5.73 Å². The third kappa shape index (κ3) is 2.03. The zero-order chi connectivity index (χ0) is 9.10. The van der Waals surface area contributed by atoms with Gasteiger partial charge in [0.15, 0.2) is 0 Å². The van der Waals surface area contributed by atoms with Gasteiger partial charge in [-0.1, -0.05) is 0 Å². The molecular formula is C8H12N4S. The van der Waals surface area contributed by atoms with Gasteiger partial charge in [-0.25, -0.2) is 9.97 Å². The van der Waals surface area contributed by atoms with E-state index in [1.54, 1.807) is 12.4 Å². The van der Waals surface area contributed by atoms with Crippen molar-refractivity contribution < 1.29 is 0 Å². The summed E-state index contributed by atoms with van der Waals surface area (Å²) in [7, 11) is 0. The molecule has 0 bridgehead atoms. The smallest absolute Gasteiger partial charge is 0.147 e. The van der Waals surface area contributed by atoms with Gasteiger partial charge in [-0.15, -0.1) is 0 Å². The molecule has 2 rings (SSSR count). The largest absolute Gasteiger partial charge is 0.382 e. The average Bonchev–Trinajstić information content (AvgIpc) is 2.20. The van der Waals surface area contributed by atoms with Crippen LogP contribution in [0.3, 0.4) is 0 Å². The summed E-state index contributed by atoms with van der Waals surface area (Å²) in [5, 5.41) is 0. The predicted octanol–water partition coefficient (Wildman–Crippen LogP) is 0.612. The summed E-state index contributed by atoms with van der Waals surface area (Å²) < 4.78 is 0. The second kappa shape index (κ2) is 3.83. The van der Waals surface area contributed by atoms with Crippen molar-refractivity contribution in [2.24, 2.45) is 0 Å². The maximum Gasteiger partial charge on any atom is 0.147 e. The normalized spacial score (nSPS) is 17.4. The van der Waals surface area contributed by atoms with Crippen LogP contribution in [0.1, 0.15) is 0 Å².